The van der Waals surface area contributed by atoms with Crippen molar-refractivity contribution in [2.45, 2.75) is 52.4 Å². The second-order valence-electron chi connectivity index (χ2n) is 29.6. The molecule has 5 heterocycles. The van der Waals surface area contributed by atoms with Crippen LogP contribution in [-0.4, -0.2) is 24.1 Å². The summed E-state index contributed by atoms with van der Waals surface area (Å²) in [5.74, 6) is 1.96. The van der Waals surface area contributed by atoms with E-state index >= 15 is 0 Å². The van der Waals surface area contributed by atoms with E-state index in [-0.39, 0.29) is 10.8 Å². The van der Waals surface area contributed by atoms with Gasteiger partial charge in [-0.15, -0.1) is 0 Å². The Morgan fingerprint density at radius 1 is 0.260 bits per heavy atom. The Labute approximate surface area is 600 Å². The lowest BCUT2D eigenvalue weighted by atomic mass is 9.82. The maximum Gasteiger partial charge on any atom is 0.164 e. The number of aryl methyl sites for hydroxylation is 2. The summed E-state index contributed by atoms with van der Waals surface area (Å²) in [5, 5.41) is 14.8. The molecule has 0 N–H and O–H groups in total. The number of rotatable bonds is 6. The first-order valence-corrected chi connectivity index (χ1v) is 35.9. The highest BCUT2D eigenvalue weighted by Crippen LogP contribution is 2.55. The molecule has 2 aliphatic carbocycles. The van der Waals surface area contributed by atoms with E-state index in [1.807, 2.05) is 12.1 Å². The lowest BCUT2D eigenvalue weighted by Crippen LogP contribution is -2.15. The van der Waals surface area contributed by atoms with E-state index in [0.717, 1.165) is 61.2 Å². The molecule has 0 bridgehead atoms. The summed E-state index contributed by atoms with van der Waals surface area (Å²) < 4.78 is 17.6. The minimum absolute atomic E-state index is 0.174. The molecule has 0 fully saturated rings. The average Bonchev–Trinajstić information content (AvgIpc) is 1.54. The maximum absolute atomic E-state index is 6.36. The van der Waals surface area contributed by atoms with Gasteiger partial charge in [0.25, 0.3) is 0 Å². The van der Waals surface area contributed by atoms with Crippen LogP contribution in [0.3, 0.4) is 0 Å². The van der Waals surface area contributed by atoms with Gasteiger partial charge < -0.3 is 18.0 Å². The third-order valence-electron chi connectivity index (χ3n) is 22.8. The number of aromatic nitrogens is 5. The Balaban J connectivity index is 0.000000135. The van der Waals surface area contributed by atoms with E-state index in [1.54, 1.807) is 0 Å². The van der Waals surface area contributed by atoms with Crippen molar-refractivity contribution in [3.8, 4) is 78.9 Å². The van der Waals surface area contributed by atoms with Crippen LogP contribution in [0.2, 0.25) is 0 Å². The number of benzene rings is 15. The van der Waals surface area contributed by atoms with E-state index in [4.69, 9.17) is 23.8 Å². The highest BCUT2D eigenvalue weighted by molar-refractivity contribution is 6.17. The summed E-state index contributed by atoms with van der Waals surface area (Å²) in [6, 6.07) is 108. The van der Waals surface area contributed by atoms with Gasteiger partial charge in [0.15, 0.2) is 17.5 Å². The lowest BCUT2D eigenvalue weighted by molar-refractivity contribution is 0.647. The molecular weight excluding hydrogens is 1270 g/mol. The van der Waals surface area contributed by atoms with Gasteiger partial charge in [-0.1, -0.05) is 221 Å². The first-order chi connectivity index (χ1) is 50.8. The van der Waals surface area contributed by atoms with Gasteiger partial charge in [-0.25, -0.2) is 15.0 Å². The van der Waals surface area contributed by atoms with Crippen molar-refractivity contribution in [3.05, 3.63) is 331 Å². The minimum atomic E-state index is -0.208. The van der Waals surface area contributed by atoms with Crippen molar-refractivity contribution in [1.82, 2.24) is 24.1 Å². The molecule has 0 radical (unpaired) electrons. The Morgan fingerprint density at radius 2 is 0.587 bits per heavy atom. The molecule has 0 spiro atoms. The van der Waals surface area contributed by atoms with Gasteiger partial charge in [-0.05, 0) is 206 Å². The fourth-order valence-corrected chi connectivity index (χ4v) is 17.4. The van der Waals surface area contributed by atoms with Gasteiger partial charge in [0.1, 0.15) is 22.3 Å². The van der Waals surface area contributed by atoms with E-state index < -0.39 is 0 Å². The molecule has 0 amide bonds. The first-order valence-electron chi connectivity index (χ1n) is 35.9. The maximum atomic E-state index is 6.36. The number of para-hydroxylation sites is 4. The number of furan rings is 2. The molecular formula is C97H67N5O2. The SMILES string of the molecule is CC1(C)c2cc3oc4ccccc4c3cc2-c2cc3c4ccccc4n(-c4ccc(-c5c6ccccc6cc6ccccc56)cc4)c3cc21.Cc1ccc(-c2nc(-c3ccc(C)cc3)nc(-c3ccc(-n4c5ccccc5c5cc6c(cc54)C(C)(C)c4cc5oc7ccccc7c5cc4-6)cc3)n2)cc1. The lowest BCUT2D eigenvalue weighted by Gasteiger charge is -2.21. The molecule has 5 aromatic heterocycles. The van der Waals surface area contributed by atoms with Crippen molar-refractivity contribution < 1.29 is 8.83 Å². The quantitative estimate of drug-likeness (QED) is 0.155. The summed E-state index contributed by atoms with van der Waals surface area (Å²) >= 11 is 0. The smallest absolute Gasteiger partial charge is 0.164 e. The van der Waals surface area contributed by atoms with Crippen molar-refractivity contribution in [2.75, 3.05) is 0 Å². The van der Waals surface area contributed by atoms with Crippen LogP contribution in [0.15, 0.2) is 306 Å². The zero-order chi connectivity index (χ0) is 69.4. The molecule has 7 nitrogen and oxygen atoms in total. The summed E-state index contributed by atoms with van der Waals surface area (Å²) in [7, 11) is 0. The minimum Gasteiger partial charge on any atom is -0.456 e. The molecule has 15 aromatic carbocycles. The monoisotopic (exact) mass is 1330 g/mol. The molecule has 0 saturated heterocycles. The van der Waals surface area contributed by atoms with Gasteiger partial charge in [0.05, 0.1) is 22.1 Å². The van der Waals surface area contributed by atoms with Crippen molar-refractivity contribution in [2.24, 2.45) is 0 Å². The predicted molar refractivity (Wildman–Crippen MR) is 431 cm³/mol. The summed E-state index contributed by atoms with van der Waals surface area (Å²) in [6.45, 7) is 13.6. The number of nitrogens with zero attached hydrogens (tertiary/aromatic N) is 5. The van der Waals surface area contributed by atoms with Crippen LogP contribution in [0.5, 0.6) is 0 Å². The molecule has 22 rings (SSSR count). The number of hydrogen-bond acceptors (Lipinski definition) is 5. The Hall–Kier alpha value is -13.0. The summed E-state index contributed by atoms with van der Waals surface area (Å²) in [4.78, 5) is 15.0. The highest BCUT2D eigenvalue weighted by Gasteiger charge is 2.39. The largest absolute Gasteiger partial charge is 0.456 e. The average molecular weight is 1330 g/mol. The summed E-state index contributed by atoms with van der Waals surface area (Å²) in [5.41, 5.74) is 28.7. The second-order valence-corrected chi connectivity index (χ2v) is 29.6. The molecule has 0 aliphatic heterocycles. The van der Waals surface area contributed by atoms with Crippen LogP contribution in [0.4, 0.5) is 0 Å². The first kappa shape index (κ1) is 59.9. The van der Waals surface area contributed by atoms with E-state index in [0.29, 0.717) is 17.5 Å². The molecule has 2 aliphatic rings. The third-order valence-corrected chi connectivity index (χ3v) is 22.8. The molecule has 7 heteroatoms. The van der Waals surface area contributed by atoms with Crippen LogP contribution in [0.25, 0.3) is 188 Å². The van der Waals surface area contributed by atoms with Crippen LogP contribution >= 0.6 is 0 Å². The molecule has 104 heavy (non-hydrogen) atoms. The number of hydrogen-bond donors (Lipinski definition) is 0. The Morgan fingerprint density at radius 3 is 1.00 bits per heavy atom. The van der Waals surface area contributed by atoms with Crippen LogP contribution in [0.1, 0.15) is 61.1 Å². The summed E-state index contributed by atoms with van der Waals surface area (Å²) in [6.07, 6.45) is 0. The van der Waals surface area contributed by atoms with Crippen molar-refractivity contribution in [1.29, 1.82) is 0 Å². The van der Waals surface area contributed by atoms with Crippen molar-refractivity contribution in [3.63, 3.8) is 0 Å². The topological polar surface area (TPSA) is 74.8 Å². The fraction of sp³-hybridized carbons (Fsp3) is 0.0825. The second kappa shape index (κ2) is 22.3. The van der Waals surface area contributed by atoms with Gasteiger partial charge in [0.2, 0.25) is 0 Å². The van der Waals surface area contributed by atoms with E-state index in [9.17, 15) is 0 Å². The van der Waals surface area contributed by atoms with E-state index in [2.05, 4.69) is 336 Å². The molecule has 0 saturated carbocycles. The molecule has 492 valence electrons. The van der Waals surface area contributed by atoms with Gasteiger partial charge in [0, 0.05) is 82.0 Å². The van der Waals surface area contributed by atoms with E-state index in [1.165, 1.54) is 143 Å². The van der Waals surface area contributed by atoms with Gasteiger partial charge in [-0.3, -0.25) is 0 Å². The third kappa shape index (κ3) is 8.99. The Bertz CT molecular complexity index is 6900. The molecule has 0 unspecified atom stereocenters. The predicted octanol–water partition coefficient (Wildman–Crippen LogP) is 25.8. The van der Waals surface area contributed by atoms with Crippen LogP contribution in [0, 0.1) is 13.8 Å². The zero-order valence-corrected chi connectivity index (χ0v) is 58.3. The standard InChI is InChI=1S/C50H36N4O.C47H31NO/c1-29-13-17-31(18-14-29)47-51-48(32-19-15-30(2)16-20-32)53-49(52-47)33-21-23-34(24-22-33)54-43-11-7-5-9-35(43)39-25-37-38-26-40-36-10-6-8-12-45(36)55-46(40)28-42(38)50(3,4)41(37)27-44(39)54;1-47(2)40-26-43-38(24-36(40)37-25-39-35-16-8-10-18-44(35)49-45(39)27-41(37)47)34-15-7-9-17-42(34)48(43)31-21-19-28(20-22-31)46-32-13-5-3-11-29(32)23-30-12-4-6-14-33(30)46/h5-28H,1-4H3;3-27H,1-2H3. The number of fused-ring (bicyclic) bond motifs is 20. The van der Waals surface area contributed by atoms with Crippen LogP contribution in [-0.2, 0) is 10.8 Å². The van der Waals surface area contributed by atoms with Gasteiger partial charge in [-0.2, -0.15) is 0 Å². The van der Waals surface area contributed by atoms with Gasteiger partial charge >= 0.3 is 0 Å². The normalized spacial score (nSPS) is 13.4. The molecule has 20 aromatic rings. The Kier molecular flexibility index (Phi) is 12.8. The highest BCUT2D eigenvalue weighted by atomic mass is 16.3. The van der Waals surface area contributed by atoms with Crippen molar-refractivity contribution >= 4 is 109 Å². The fourth-order valence-electron chi connectivity index (χ4n) is 17.4. The van der Waals surface area contributed by atoms with Crippen LogP contribution < -0.4 is 0 Å². The molecule has 0 atom stereocenters. The zero-order valence-electron chi connectivity index (χ0n) is 58.3.